The molecule has 0 unspecified atom stereocenters. The summed E-state index contributed by atoms with van der Waals surface area (Å²) in [4.78, 5) is 19.2. The highest BCUT2D eigenvalue weighted by Gasteiger charge is 2.51. The second-order valence-corrected chi connectivity index (χ2v) is 10.4. The topological polar surface area (TPSA) is 58.4 Å². The summed E-state index contributed by atoms with van der Waals surface area (Å²) in [7, 11) is 0. The van der Waals surface area contributed by atoms with Gasteiger partial charge < -0.3 is 14.6 Å². The second kappa shape index (κ2) is 5.82. The van der Waals surface area contributed by atoms with Crippen molar-refractivity contribution in [2.45, 2.75) is 83.3 Å². The first-order valence-electron chi connectivity index (χ1n) is 10.1. The zero-order chi connectivity index (χ0) is 18.7. The van der Waals surface area contributed by atoms with Crippen LogP contribution in [0.15, 0.2) is 12.5 Å². The first-order valence-corrected chi connectivity index (χ1v) is 10.1. The number of imidazole rings is 1. The van der Waals surface area contributed by atoms with Crippen molar-refractivity contribution in [3.8, 4) is 0 Å². The van der Waals surface area contributed by atoms with Crippen molar-refractivity contribution in [3.05, 3.63) is 18.2 Å². The number of hydrogen-bond acceptors (Lipinski definition) is 3. The Labute approximate surface area is 156 Å². The van der Waals surface area contributed by atoms with E-state index in [1.165, 1.54) is 31.4 Å². The molecule has 1 aromatic heterocycles. The van der Waals surface area contributed by atoms with E-state index in [2.05, 4.69) is 36.5 Å². The van der Waals surface area contributed by atoms with E-state index in [-0.39, 0.29) is 17.4 Å². The van der Waals surface area contributed by atoms with Gasteiger partial charge in [0.05, 0.1) is 17.6 Å². The molecule has 1 spiro atoms. The van der Waals surface area contributed by atoms with Gasteiger partial charge in [-0.1, -0.05) is 0 Å². The largest absolute Gasteiger partial charge is 0.390 e. The van der Waals surface area contributed by atoms with Crippen molar-refractivity contribution in [2.75, 3.05) is 13.1 Å². The molecular weight excluding hydrogens is 326 g/mol. The van der Waals surface area contributed by atoms with Crippen molar-refractivity contribution >= 4 is 5.91 Å². The minimum absolute atomic E-state index is 0.0556. The molecule has 5 heteroatoms. The van der Waals surface area contributed by atoms with Gasteiger partial charge in [0, 0.05) is 42.1 Å². The van der Waals surface area contributed by atoms with E-state index >= 15 is 0 Å². The fourth-order valence-electron chi connectivity index (χ4n) is 5.11. The van der Waals surface area contributed by atoms with Crippen molar-refractivity contribution in [2.24, 2.45) is 11.3 Å². The van der Waals surface area contributed by atoms with Gasteiger partial charge in [-0.3, -0.25) is 4.79 Å². The number of carbonyl (C=O) groups is 1. The van der Waals surface area contributed by atoms with E-state index < -0.39 is 5.60 Å². The third kappa shape index (κ3) is 3.19. The number of rotatable bonds is 2. The van der Waals surface area contributed by atoms with E-state index in [0.29, 0.717) is 24.2 Å². The van der Waals surface area contributed by atoms with Crippen LogP contribution in [0.3, 0.4) is 0 Å². The van der Waals surface area contributed by atoms with Crippen LogP contribution in [-0.2, 0) is 10.3 Å². The molecule has 0 aromatic carbocycles. The molecule has 4 rings (SSSR count). The van der Waals surface area contributed by atoms with Gasteiger partial charge >= 0.3 is 0 Å². The molecular formula is C21H33N3O2. The van der Waals surface area contributed by atoms with Crippen LogP contribution >= 0.6 is 0 Å². The highest BCUT2D eigenvalue weighted by Crippen LogP contribution is 2.49. The second-order valence-electron chi connectivity index (χ2n) is 10.4. The lowest BCUT2D eigenvalue weighted by molar-refractivity contribution is -0.163. The smallest absolute Gasteiger partial charge is 0.225 e. The minimum Gasteiger partial charge on any atom is -0.390 e. The molecule has 26 heavy (non-hydrogen) atoms. The average molecular weight is 360 g/mol. The standard InChI is InChI=1S/C21H33N3O2/c1-19(2,3)24-11-17(22-14-24)15-5-7-21(8-6-15)12-23(13-21)18(25)16-9-20(4,26)10-16/h11,14-16,26H,5-10,12-13H2,1-4H3. The van der Waals surface area contributed by atoms with Gasteiger partial charge in [0.2, 0.25) is 5.91 Å². The Morgan fingerprint density at radius 3 is 2.35 bits per heavy atom. The Balaban J connectivity index is 1.28. The lowest BCUT2D eigenvalue weighted by Crippen LogP contribution is -2.62. The van der Waals surface area contributed by atoms with Crippen LogP contribution in [0.5, 0.6) is 0 Å². The molecule has 2 aliphatic carbocycles. The molecule has 2 saturated carbocycles. The number of likely N-dealkylation sites (tertiary alicyclic amines) is 1. The maximum atomic E-state index is 12.5. The fraction of sp³-hybridized carbons (Fsp3) is 0.810. The predicted molar refractivity (Wildman–Crippen MR) is 101 cm³/mol. The van der Waals surface area contributed by atoms with Gasteiger partial charge in [0.25, 0.3) is 0 Å². The molecule has 1 aromatic rings. The van der Waals surface area contributed by atoms with E-state index in [9.17, 15) is 9.90 Å². The Hall–Kier alpha value is -1.36. The molecule has 144 valence electrons. The van der Waals surface area contributed by atoms with Crippen LogP contribution < -0.4 is 0 Å². The zero-order valence-electron chi connectivity index (χ0n) is 16.7. The van der Waals surface area contributed by atoms with Crippen molar-refractivity contribution in [1.82, 2.24) is 14.5 Å². The van der Waals surface area contributed by atoms with E-state index in [1.54, 1.807) is 0 Å². The maximum absolute atomic E-state index is 12.5. The molecule has 0 radical (unpaired) electrons. The molecule has 1 aliphatic heterocycles. The maximum Gasteiger partial charge on any atom is 0.225 e. The third-order valence-electron chi connectivity index (χ3n) is 6.93. The summed E-state index contributed by atoms with van der Waals surface area (Å²) in [5, 5.41) is 9.86. The van der Waals surface area contributed by atoms with Crippen molar-refractivity contribution in [3.63, 3.8) is 0 Å². The summed E-state index contributed by atoms with van der Waals surface area (Å²) in [6.45, 7) is 10.3. The van der Waals surface area contributed by atoms with E-state index in [1.807, 2.05) is 18.2 Å². The molecule has 5 nitrogen and oxygen atoms in total. The summed E-state index contributed by atoms with van der Waals surface area (Å²) in [6.07, 6.45) is 10.2. The normalized spacial score (nSPS) is 31.6. The number of aromatic nitrogens is 2. The number of nitrogens with zero attached hydrogens (tertiary/aromatic N) is 3. The van der Waals surface area contributed by atoms with Gasteiger partial charge in [-0.2, -0.15) is 0 Å². The molecule has 3 aliphatic rings. The highest BCUT2D eigenvalue weighted by atomic mass is 16.3. The van der Waals surface area contributed by atoms with Crippen LogP contribution in [-0.4, -0.2) is 44.2 Å². The van der Waals surface area contributed by atoms with Gasteiger partial charge in [-0.05, 0) is 66.2 Å². The quantitative estimate of drug-likeness (QED) is 0.881. The third-order valence-corrected chi connectivity index (χ3v) is 6.93. The van der Waals surface area contributed by atoms with Crippen molar-refractivity contribution in [1.29, 1.82) is 0 Å². The zero-order valence-corrected chi connectivity index (χ0v) is 16.7. The van der Waals surface area contributed by atoms with Gasteiger partial charge in [0.1, 0.15) is 0 Å². The van der Waals surface area contributed by atoms with Crippen LogP contribution in [0.25, 0.3) is 0 Å². The number of aliphatic hydroxyl groups is 1. The fourth-order valence-corrected chi connectivity index (χ4v) is 5.11. The lowest BCUT2D eigenvalue weighted by Gasteiger charge is -2.55. The minimum atomic E-state index is -0.614. The number of carbonyl (C=O) groups excluding carboxylic acids is 1. The Morgan fingerprint density at radius 2 is 1.85 bits per heavy atom. The first kappa shape index (κ1) is 18.0. The highest BCUT2D eigenvalue weighted by molar-refractivity contribution is 5.81. The summed E-state index contributed by atoms with van der Waals surface area (Å²) in [6, 6.07) is 0. The molecule has 1 N–H and O–H groups in total. The van der Waals surface area contributed by atoms with Crippen LogP contribution in [0.2, 0.25) is 0 Å². The van der Waals surface area contributed by atoms with Crippen LogP contribution in [0.4, 0.5) is 0 Å². The van der Waals surface area contributed by atoms with Crippen LogP contribution in [0, 0.1) is 11.3 Å². The summed E-state index contributed by atoms with van der Waals surface area (Å²) < 4.78 is 2.21. The molecule has 0 bridgehead atoms. The monoisotopic (exact) mass is 359 g/mol. The summed E-state index contributed by atoms with van der Waals surface area (Å²) >= 11 is 0. The molecule has 3 fully saturated rings. The summed E-state index contributed by atoms with van der Waals surface area (Å²) in [5.74, 6) is 0.893. The average Bonchev–Trinajstić information content (AvgIpc) is 3.00. The summed E-state index contributed by atoms with van der Waals surface area (Å²) in [5.41, 5.74) is 1.06. The van der Waals surface area contributed by atoms with E-state index in [4.69, 9.17) is 0 Å². The lowest BCUT2D eigenvalue weighted by atomic mass is 9.64. The number of amides is 1. The molecule has 0 atom stereocenters. The van der Waals surface area contributed by atoms with Crippen LogP contribution in [0.1, 0.15) is 77.8 Å². The Kier molecular flexibility index (Phi) is 4.03. The first-order chi connectivity index (χ1) is 12.1. The Morgan fingerprint density at radius 1 is 1.23 bits per heavy atom. The molecule has 2 heterocycles. The van der Waals surface area contributed by atoms with Gasteiger partial charge in [0.15, 0.2) is 0 Å². The molecule has 1 amide bonds. The van der Waals surface area contributed by atoms with Crippen molar-refractivity contribution < 1.29 is 9.90 Å². The predicted octanol–water partition coefficient (Wildman–Crippen LogP) is 3.29. The van der Waals surface area contributed by atoms with E-state index in [0.717, 1.165) is 13.1 Å². The van der Waals surface area contributed by atoms with Gasteiger partial charge in [-0.25, -0.2) is 4.98 Å². The number of hydrogen-bond donors (Lipinski definition) is 1. The SMILES string of the molecule is CC1(O)CC(C(=O)N2CC3(CCC(c4cn(C(C)(C)C)cn4)CC3)C2)C1. The molecule has 1 saturated heterocycles. The van der Waals surface area contributed by atoms with Gasteiger partial charge in [-0.15, -0.1) is 0 Å². The Bertz CT molecular complexity index is 676.